The van der Waals surface area contributed by atoms with E-state index in [2.05, 4.69) is 10.2 Å². The minimum Gasteiger partial charge on any atom is -0.452 e. The molecule has 12 heteroatoms. The molecule has 3 aromatic rings. The van der Waals surface area contributed by atoms with Crippen LogP contribution >= 0.6 is 11.6 Å². The van der Waals surface area contributed by atoms with Gasteiger partial charge in [-0.15, -0.1) is 10.2 Å². The monoisotopic (exact) mass is 437 g/mol. The maximum absolute atomic E-state index is 12.2. The standard InChI is InChI=1S/C17H12ClN3O7S/c1-29(25,26)12-6-7-14(18)13(8-12)17(22)27-9-15-19-20-16(28-15)10-2-4-11(5-3-10)21(23)24/h2-8H,9H2,1H3. The van der Waals surface area contributed by atoms with Crippen LogP contribution in [0.1, 0.15) is 16.2 Å². The molecule has 0 aliphatic heterocycles. The van der Waals surface area contributed by atoms with Crippen LogP contribution in [0.2, 0.25) is 5.02 Å². The Hall–Kier alpha value is -3.31. The highest BCUT2D eigenvalue weighted by Crippen LogP contribution is 2.23. The molecule has 0 aliphatic rings. The molecule has 0 saturated heterocycles. The third kappa shape index (κ3) is 4.76. The fraction of sp³-hybridized carbons (Fsp3) is 0.118. The Bertz CT molecular complexity index is 1190. The van der Waals surface area contributed by atoms with Gasteiger partial charge in [-0.1, -0.05) is 11.6 Å². The first-order chi connectivity index (χ1) is 13.6. The van der Waals surface area contributed by atoms with E-state index in [-0.39, 0.29) is 39.6 Å². The zero-order valence-corrected chi connectivity index (χ0v) is 16.3. The molecular weight excluding hydrogens is 426 g/mol. The number of esters is 1. The van der Waals surface area contributed by atoms with Crippen molar-refractivity contribution in [2.24, 2.45) is 0 Å². The van der Waals surface area contributed by atoms with E-state index in [0.717, 1.165) is 12.3 Å². The third-order valence-electron chi connectivity index (χ3n) is 3.70. The summed E-state index contributed by atoms with van der Waals surface area (Å²) in [4.78, 5) is 22.3. The first-order valence-corrected chi connectivity index (χ1v) is 10.2. The Labute approximate surface area is 169 Å². The van der Waals surface area contributed by atoms with Crippen LogP contribution in [0, 0.1) is 10.1 Å². The Morgan fingerprint density at radius 1 is 1.21 bits per heavy atom. The molecule has 0 spiro atoms. The van der Waals surface area contributed by atoms with Crippen LogP contribution in [0.4, 0.5) is 5.69 Å². The number of ether oxygens (including phenoxy) is 1. The lowest BCUT2D eigenvalue weighted by Gasteiger charge is -2.06. The number of hydrogen-bond acceptors (Lipinski definition) is 9. The number of benzene rings is 2. The summed E-state index contributed by atoms with van der Waals surface area (Å²) >= 11 is 5.95. The summed E-state index contributed by atoms with van der Waals surface area (Å²) in [6.45, 7) is -0.377. The first-order valence-electron chi connectivity index (χ1n) is 7.89. The van der Waals surface area contributed by atoms with Crippen molar-refractivity contribution in [3.8, 4) is 11.5 Å². The second kappa shape index (κ2) is 7.97. The van der Waals surface area contributed by atoms with Crippen molar-refractivity contribution < 1.29 is 27.3 Å². The van der Waals surface area contributed by atoms with Gasteiger partial charge in [-0.2, -0.15) is 0 Å². The van der Waals surface area contributed by atoms with Gasteiger partial charge in [0.25, 0.3) is 11.6 Å². The molecule has 2 aromatic carbocycles. The van der Waals surface area contributed by atoms with Crippen LogP contribution in [0.3, 0.4) is 0 Å². The fourth-order valence-electron chi connectivity index (χ4n) is 2.25. The normalized spacial score (nSPS) is 11.2. The number of sulfone groups is 1. The highest BCUT2D eigenvalue weighted by atomic mass is 35.5. The number of nitro groups is 1. The lowest BCUT2D eigenvalue weighted by molar-refractivity contribution is -0.384. The van der Waals surface area contributed by atoms with E-state index in [1.54, 1.807) is 0 Å². The summed E-state index contributed by atoms with van der Waals surface area (Å²) in [6.07, 6.45) is 1.00. The Morgan fingerprint density at radius 2 is 1.90 bits per heavy atom. The van der Waals surface area contributed by atoms with Crippen LogP contribution in [-0.2, 0) is 21.2 Å². The van der Waals surface area contributed by atoms with Gasteiger partial charge in [0.15, 0.2) is 16.4 Å². The van der Waals surface area contributed by atoms with Crippen molar-refractivity contribution >= 4 is 33.1 Å². The van der Waals surface area contributed by atoms with Gasteiger partial charge in [-0.05, 0) is 30.3 Å². The van der Waals surface area contributed by atoms with Gasteiger partial charge in [-0.3, -0.25) is 10.1 Å². The van der Waals surface area contributed by atoms with E-state index in [1.807, 2.05) is 0 Å². The SMILES string of the molecule is CS(=O)(=O)c1ccc(Cl)c(C(=O)OCc2nnc(-c3ccc([N+](=O)[O-])cc3)o2)c1. The molecule has 0 aliphatic carbocycles. The topological polar surface area (TPSA) is 142 Å². The number of non-ortho nitro benzene ring substituents is 1. The number of nitro benzene ring substituents is 1. The van der Waals surface area contributed by atoms with Crippen LogP contribution in [0.25, 0.3) is 11.5 Å². The minimum atomic E-state index is -3.53. The third-order valence-corrected chi connectivity index (χ3v) is 5.14. The summed E-state index contributed by atoms with van der Waals surface area (Å²) in [5, 5.41) is 18.2. The molecule has 3 rings (SSSR count). The lowest BCUT2D eigenvalue weighted by atomic mass is 10.2. The molecule has 0 saturated carbocycles. The van der Waals surface area contributed by atoms with Gasteiger partial charge >= 0.3 is 5.97 Å². The van der Waals surface area contributed by atoms with E-state index in [0.29, 0.717) is 5.56 Å². The quantitative estimate of drug-likeness (QED) is 0.323. The summed E-state index contributed by atoms with van der Waals surface area (Å²) < 4.78 is 33.7. The highest BCUT2D eigenvalue weighted by molar-refractivity contribution is 7.90. The second-order valence-corrected chi connectivity index (χ2v) is 8.22. The number of rotatable bonds is 6. The maximum atomic E-state index is 12.2. The summed E-state index contributed by atoms with van der Waals surface area (Å²) in [5.74, 6) is -0.805. The van der Waals surface area contributed by atoms with Crippen molar-refractivity contribution in [1.29, 1.82) is 0 Å². The number of carbonyl (C=O) groups is 1. The van der Waals surface area contributed by atoms with Crippen LogP contribution in [0.5, 0.6) is 0 Å². The Balaban J connectivity index is 1.71. The summed E-state index contributed by atoms with van der Waals surface area (Å²) in [5.41, 5.74) is 0.241. The van der Waals surface area contributed by atoms with Gasteiger partial charge in [0.05, 0.1) is 20.4 Å². The molecule has 150 valence electrons. The van der Waals surface area contributed by atoms with Crippen molar-refractivity contribution in [3.63, 3.8) is 0 Å². The molecule has 1 heterocycles. The number of carbonyl (C=O) groups excluding carboxylic acids is 1. The predicted octanol–water partition coefficient (Wildman–Crippen LogP) is 3.06. The zero-order valence-electron chi connectivity index (χ0n) is 14.7. The first kappa shape index (κ1) is 20.4. The molecule has 0 bridgehead atoms. The molecule has 29 heavy (non-hydrogen) atoms. The Kier molecular flexibility index (Phi) is 5.62. The molecule has 0 fully saturated rings. The minimum absolute atomic E-state index is 0.0258. The number of hydrogen-bond donors (Lipinski definition) is 0. The van der Waals surface area contributed by atoms with Gasteiger partial charge in [0, 0.05) is 24.0 Å². The Morgan fingerprint density at radius 3 is 2.52 bits per heavy atom. The van der Waals surface area contributed by atoms with Gasteiger partial charge in [-0.25, -0.2) is 13.2 Å². The van der Waals surface area contributed by atoms with Gasteiger partial charge < -0.3 is 9.15 Å². The maximum Gasteiger partial charge on any atom is 0.340 e. The average Bonchev–Trinajstić information content (AvgIpc) is 3.14. The summed E-state index contributed by atoms with van der Waals surface area (Å²) in [6, 6.07) is 9.15. The zero-order chi connectivity index (χ0) is 21.2. The van der Waals surface area contributed by atoms with Crippen molar-refractivity contribution in [2.75, 3.05) is 6.26 Å². The smallest absolute Gasteiger partial charge is 0.340 e. The van der Waals surface area contributed by atoms with Gasteiger partial charge in [0.2, 0.25) is 5.89 Å². The van der Waals surface area contributed by atoms with Gasteiger partial charge in [0.1, 0.15) is 0 Å². The van der Waals surface area contributed by atoms with E-state index >= 15 is 0 Å². The van der Waals surface area contributed by atoms with E-state index in [9.17, 15) is 23.3 Å². The molecular formula is C17H12ClN3O7S. The van der Waals surface area contributed by atoms with Crippen molar-refractivity contribution in [3.05, 3.63) is 69.1 Å². The largest absolute Gasteiger partial charge is 0.452 e. The van der Waals surface area contributed by atoms with Crippen LogP contribution < -0.4 is 0 Å². The molecule has 1 aromatic heterocycles. The second-order valence-electron chi connectivity index (χ2n) is 5.79. The fourth-order valence-corrected chi connectivity index (χ4v) is 3.09. The number of halogens is 1. The van der Waals surface area contributed by atoms with Crippen LogP contribution in [-0.4, -0.2) is 35.8 Å². The van der Waals surface area contributed by atoms with Crippen LogP contribution in [0.15, 0.2) is 51.8 Å². The molecule has 0 atom stereocenters. The van der Waals surface area contributed by atoms with E-state index in [1.165, 1.54) is 36.4 Å². The lowest BCUT2D eigenvalue weighted by Crippen LogP contribution is -2.08. The molecule has 0 radical (unpaired) electrons. The molecule has 0 amide bonds. The summed E-state index contributed by atoms with van der Waals surface area (Å²) in [7, 11) is -3.53. The average molecular weight is 438 g/mol. The van der Waals surface area contributed by atoms with E-state index < -0.39 is 20.7 Å². The highest BCUT2D eigenvalue weighted by Gasteiger charge is 2.18. The number of nitrogens with zero attached hydrogens (tertiary/aromatic N) is 3. The molecule has 0 unspecified atom stereocenters. The van der Waals surface area contributed by atoms with E-state index in [4.69, 9.17) is 20.8 Å². The molecule has 0 N–H and O–H groups in total. The van der Waals surface area contributed by atoms with Crippen molar-refractivity contribution in [2.45, 2.75) is 11.5 Å². The van der Waals surface area contributed by atoms with Crippen molar-refractivity contribution in [1.82, 2.24) is 10.2 Å². The number of aromatic nitrogens is 2. The predicted molar refractivity (Wildman–Crippen MR) is 100 cm³/mol. The molecule has 10 nitrogen and oxygen atoms in total.